The molecule has 0 spiro atoms. The number of rotatable bonds is 3. The first-order valence-corrected chi connectivity index (χ1v) is 8.05. The Kier molecular flexibility index (Phi) is 3.99. The fraction of sp³-hybridized carbons (Fsp3) is 0.571. The van der Waals surface area contributed by atoms with Crippen LogP contribution in [0.5, 0.6) is 0 Å². The maximum absolute atomic E-state index is 12.7. The molecule has 1 atom stereocenters. The van der Waals surface area contributed by atoms with Crippen LogP contribution in [0.3, 0.4) is 0 Å². The van der Waals surface area contributed by atoms with Crippen molar-refractivity contribution in [2.45, 2.75) is 51.2 Å². The molecule has 19 heavy (non-hydrogen) atoms. The van der Waals surface area contributed by atoms with Crippen LogP contribution in [0.1, 0.15) is 36.5 Å². The number of aliphatic hydroxyl groups is 1. The monoisotopic (exact) mass is 283 g/mol. The third kappa shape index (κ3) is 2.42. The molecule has 106 valence electrons. The molecule has 1 aromatic carbocycles. The molecule has 1 aliphatic rings. The molecular weight excluding hydrogens is 262 g/mol. The third-order valence-corrected chi connectivity index (χ3v) is 6.18. The molecule has 1 fully saturated rings. The average Bonchev–Trinajstić information content (AvgIpc) is 2.76. The lowest BCUT2D eigenvalue weighted by molar-refractivity contribution is 0.280. The number of hydrogen-bond acceptors (Lipinski definition) is 3. The van der Waals surface area contributed by atoms with Crippen LogP contribution in [0.4, 0.5) is 0 Å². The summed E-state index contributed by atoms with van der Waals surface area (Å²) in [5.41, 5.74) is 2.31. The minimum atomic E-state index is -3.45. The zero-order chi connectivity index (χ0) is 14.2. The van der Waals surface area contributed by atoms with E-state index in [2.05, 4.69) is 0 Å². The van der Waals surface area contributed by atoms with E-state index in [-0.39, 0.29) is 12.6 Å². The molecule has 1 aliphatic heterocycles. The summed E-state index contributed by atoms with van der Waals surface area (Å²) in [5, 5.41) is 9.40. The standard InChI is InChI=1S/C14H21NO3S/c1-10-6-7-14(12(3)13(10)9-16)19(17,18)15-8-4-5-11(15)2/h6-7,11,16H,4-5,8-9H2,1-3H3/t11-/m0/s1. The van der Waals surface area contributed by atoms with E-state index in [4.69, 9.17) is 0 Å². The molecule has 1 N–H and O–H groups in total. The fourth-order valence-electron chi connectivity index (χ4n) is 2.78. The normalized spacial score (nSPS) is 20.9. The molecule has 0 aromatic heterocycles. The Bertz CT molecular complexity index is 581. The summed E-state index contributed by atoms with van der Waals surface area (Å²) in [6.07, 6.45) is 1.83. The molecule has 0 bridgehead atoms. The summed E-state index contributed by atoms with van der Waals surface area (Å²) in [6.45, 7) is 6.06. The van der Waals surface area contributed by atoms with Gasteiger partial charge in [-0.05, 0) is 56.4 Å². The lowest BCUT2D eigenvalue weighted by Gasteiger charge is -2.23. The van der Waals surface area contributed by atoms with E-state index in [1.54, 1.807) is 23.4 Å². The highest BCUT2D eigenvalue weighted by atomic mass is 32.2. The van der Waals surface area contributed by atoms with E-state index in [9.17, 15) is 13.5 Å². The largest absolute Gasteiger partial charge is 0.392 e. The van der Waals surface area contributed by atoms with Crippen LogP contribution in [0.15, 0.2) is 17.0 Å². The van der Waals surface area contributed by atoms with Gasteiger partial charge in [-0.3, -0.25) is 0 Å². The number of nitrogens with zero attached hydrogens (tertiary/aromatic N) is 1. The van der Waals surface area contributed by atoms with Gasteiger partial charge < -0.3 is 5.11 Å². The minimum Gasteiger partial charge on any atom is -0.392 e. The van der Waals surface area contributed by atoms with Crippen molar-refractivity contribution in [1.29, 1.82) is 0 Å². The molecule has 0 amide bonds. The van der Waals surface area contributed by atoms with Crippen molar-refractivity contribution in [3.05, 3.63) is 28.8 Å². The van der Waals surface area contributed by atoms with E-state index in [0.29, 0.717) is 22.6 Å². The van der Waals surface area contributed by atoms with Gasteiger partial charge in [0, 0.05) is 12.6 Å². The number of aliphatic hydroxyl groups excluding tert-OH is 1. The van der Waals surface area contributed by atoms with Gasteiger partial charge in [-0.2, -0.15) is 4.31 Å². The Hall–Kier alpha value is -0.910. The van der Waals surface area contributed by atoms with Crippen molar-refractivity contribution >= 4 is 10.0 Å². The first-order valence-electron chi connectivity index (χ1n) is 6.61. The second-order valence-electron chi connectivity index (χ2n) is 5.25. The van der Waals surface area contributed by atoms with Gasteiger partial charge in [0.1, 0.15) is 0 Å². The minimum absolute atomic E-state index is 0.0586. The van der Waals surface area contributed by atoms with Gasteiger partial charge in [-0.25, -0.2) is 8.42 Å². The van der Waals surface area contributed by atoms with Gasteiger partial charge in [-0.15, -0.1) is 0 Å². The predicted molar refractivity (Wildman–Crippen MR) is 74.4 cm³/mol. The number of benzene rings is 1. The summed E-state index contributed by atoms with van der Waals surface area (Å²) >= 11 is 0. The molecule has 1 aromatic rings. The van der Waals surface area contributed by atoms with Gasteiger partial charge in [0.15, 0.2) is 0 Å². The molecule has 0 radical (unpaired) electrons. The maximum Gasteiger partial charge on any atom is 0.243 e. The van der Waals surface area contributed by atoms with Crippen LogP contribution in [-0.2, 0) is 16.6 Å². The summed E-state index contributed by atoms with van der Waals surface area (Å²) in [7, 11) is -3.45. The molecule has 5 heteroatoms. The molecule has 1 heterocycles. The quantitative estimate of drug-likeness (QED) is 0.922. The summed E-state index contributed by atoms with van der Waals surface area (Å²) in [4.78, 5) is 0.330. The van der Waals surface area contributed by atoms with Gasteiger partial charge in [-0.1, -0.05) is 6.07 Å². The molecular formula is C14H21NO3S. The Balaban J connectivity index is 2.52. The highest BCUT2D eigenvalue weighted by Crippen LogP contribution is 2.29. The van der Waals surface area contributed by atoms with Crippen LogP contribution in [0.25, 0.3) is 0 Å². The number of aryl methyl sites for hydroxylation is 1. The smallest absolute Gasteiger partial charge is 0.243 e. The van der Waals surface area contributed by atoms with Crippen LogP contribution in [-0.4, -0.2) is 30.4 Å². The van der Waals surface area contributed by atoms with Gasteiger partial charge >= 0.3 is 0 Å². The van der Waals surface area contributed by atoms with E-state index in [1.165, 1.54) is 0 Å². The number of hydrogen-bond donors (Lipinski definition) is 1. The zero-order valence-electron chi connectivity index (χ0n) is 11.7. The summed E-state index contributed by atoms with van der Waals surface area (Å²) in [6, 6.07) is 3.49. The lowest BCUT2D eigenvalue weighted by Crippen LogP contribution is -2.34. The summed E-state index contributed by atoms with van der Waals surface area (Å²) < 4.78 is 27.0. The molecule has 0 unspecified atom stereocenters. The van der Waals surface area contributed by atoms with Crippen molar-refractivity contribution in [2.24, 2.45) is 0 Å². The van der Waals surface area contributed by atoms with E-state index < -0.39 is 10.0 Å². The second kappa shape index (κ2) is 5.23. The van der Waals surface area contributed by atoms with E-state index in [0.717, 1.165) is 18.4 Å². The maximum atomic E-state index is 12.7. The Morgan fingerprint density at radius 1 is 1.37 bits per heavy atom. The topological polar surface area (TPSA) is 57.6 Å². The van der Waals surface area contributed by atoms with Gasteiger partial charge in [0.2, 0.25) is 10.0 Å². The Morgan fingerprint density at radius 3 is 2.58 bits per heavy atom. The third-order valence-electron chi connectivity index (χ3n) is 4.02. The molecule has 0 saturated carbocycles. The van der Waals surface area contributed by atoms with Gasteiger partial charge in [0.05, 0.1) is 11.5 Å². The Labute approximate surface area is 115 Å². The SMILES string of the molecule is Cc1ccc(S(=O)(=O)N2CCC[C@@H]2C)c(C)c1CO. The molecule has 0 aliphatic carbocycles. The molecule has 1 saturated heterocycles. The average molecular weight is 283 g/mol. The van der Waals surface area contributed by atoms with Crippen molar-refractivity contribution in [2.75, 3.05) is 6.54 Å². The van der Waals surface area contributed by atoms with E-state index in [1.807, 2.05) is 13.8 Å². The molecule has 4 nitrogen and oxygen atoms in total. The predicted octanol–water partition coefficient (Wildman–Crippen LogP) is 1.97. The highest BCUT2D eigenvalue weighted by molar-refractivity contribution is 7.89. The lowest BCUT2D eigenvalue weighted by atomic mass is 10.0. The summed E-state index contributed by atoms with van der Waals surface area (Å²) in [5.74, 6) is 0. The first kappa shape index (κ1) is 14.5. The first-order chi connectivity index (χ1) is 8.89. The van der Waals surface area contributed by atoms with E-state index >= 15 is 0 Å². The van der Waals surface area contributed by atoms with Crippen molar-refractivity contribution in [3.63, 3.8) is 0 Å². The Morgan fingerprint density at radius 2 is 2.05 bits per heavy atom. The van der Waals surface area contributed by atoms with Crippen molar-refractivity contribution < 1.29 is 13.5 Å². The highest BCUT2D eigenvalue weighted by Gasteiger charge is 2.33. The number of sulfonamides is 1. The van der Waals surface area contributed by atoms with Crippen LogP contribution in [0.2, 0.25) is 0 Å². The second-order valence-corrected chi connectivity index (χ2v) is 7.11. The van der Waals surface area contributed by atoms with Crippen LogP contribution < -0.4 is 0 Å². The van der Waals surface area contributed by atoms with Gasteiger partial charge in [0.25, 0.3) is 0 Å². The van der Waals surface area contributed by atoms with Crippen molar-refractivity contribution in [3.8, 4) is 0 Å². The molecule has 2 rings (SSSR count). The fourth-order valence-corrected chi connectivity index (χ4v) is 4.74. The van der Waals surface area contributed by atoms with Crippen molar-refractivity contribution in [1.82, 2.24) is 4.31 Å². The zero-order valence-corrected chi connectivity index (χ0v) is 12.5. The van der Waals surface area contributed by atoms with Crippen LogP contribution >= 0.6 is 0 Å². The van der Waals surface area contributed by atoms with Crippen LogP contribution in [0, 0.1) is 13.8 Å².